The lowest BCUT2D eigenvalue weighted by Gasteiger charge is -1.98. The normalized spacial score (nSPS) is 11.2. The maximum Gasteiger partial charge on any atom is 0.212 e. The van der Waals surface area contributed by atoms with E-state index in [-0.39, 0.29) is 0 Å². The largest absolute Gasteiger partial charge is 0.377 e. The third-order valence-electron chi connectivity index (χ3n) is 2.50. The Bertz CT molecular complexity index is 660. The lowest BCUT2D eigenvalue weighted by Crippen LogP contribution is -1.88. The summed E-state index contributed by atoms with van der Waals surface area (Å²) in [5, 5.41) is 5.99. The van der Waals surface area contributed by atoms with Gasteiger partial charge in [0.05, 0.1) is 23.5 Å². The van der Waals surface area contributed by atoms with E-state index >= 15 is 0 Å². The molecule has 18 heavy (non-hydrogen) atoms. The number of imidazole rings is 1. The van der Waals surface area contributed by atoms with E-state index in [0.29, 0.717) is 11.6 Å². The van der Waals surface area contributed by atoms with Gasteiger partial charge in [0.1, 0.15) is 5.01 Å². The Hall–Kier alpha value is -1.43. The number of hydrogen-bond acceptors (Lipinski definition) is 4. The Morgan fingerprint density at radius 3 is 2.94 bits per heavy atom. The van der Waals surface area contributed by atoms with E-state index in [9.17, 15) is 0 Å². The highest BCUT2D eigenvalue weighted by atomic mass is 35.5. The number of ether oxygens (including phenoxy) is 1. The van der Waals surface area contributed by atoms with Crippen LogP contribution in [0.15, 0.2) is 30.5 Å². The summed E-state index contributed by atoms with van der Waals surface area (Å²) in [7, 11) is 1.65. The molecule has 0 saturated heterocycles. The monoisotopic (exact) mass is 279 g/mol. The summed E-state index contributed by atoms with van der Waals surface area (Å²) in [6.45, 7) is 0.509. The van der Waals surface area contributed by atoms with Gasteiger partial charge in [-0.1, -0.05) is 41.1 Å². The topological polar surface area (TPSA) is 39.4 Å². The van der Waals surface area contributed by atoms with Gasteiger partial charge in [0, 0.05) is 12.7 Å². The van der Waals surface area contributed by atoms with Gasteiger partial charge in [-0.2, -0.15) is 5.10 Å². The van der Waals surface area contributed by atoms with Crippen molar-refractivity contribution in [3.8, 4) is 11.3 Å². The van der Waals surface area contributed by atoms with Crippen LogP contribution in [0.1, 0.15) is 5.01 Å². The van der Waals surface area contributed by atoms with E-state index in [1.165, 1.54) is 11.3 Å². The van der Waals surface area contributed by atoms with Crippen LogP contribution < -0.4 is 0 Å². The van der Waals surface area contributed by atoms with Crippen molar-refractivity contribution in [3.63, 3.8) is 0 Å². The first kappa shape index (κ1) is 11.6. The molecular formula is C12H10ClN3OS. The third-order valence-corrected chi connectivity index (χ3v) is 3.73. The predicted octanol–water partition coefficient (Wildman–Crippen LogP) is 3.26. The van der Waals surface area contributed by atoms with Gasteiger partial charge < -0.3 is 4.74 Å². The molecule has 0 aliphatic rings. The molecule has 0 aliphatic carbocycles. The molecular weight excluding hydrogens is 270 g/mol. The van der Waals surface area contributed by atoms with Gasteiger partial charge >= 0.3 is 0 Å². The summed E-state index contributed by atoms with van der Waals surface area (Å²) < 4.78 is 6.81. The molecule has 0 N–H and O–H groups in total. The summed E-state index contributed by atoms with van der Waals surface area (Å²) in [5.41, 5.74) is 1.76. The first-order valence-corrected chi connectivity index (χ1v) is 6.56. The number of hydrogen-bond donors (Lipinski definition) is 0. The standard InChI is InChI=1S/C12H10ClN3OS/c1-17-7-11-15-16-6-10(14-12(16)18-11)8-4-2-3-5-9(8)13/h2-6H,7H2,1H3. The molecule has 1 aromatic carbocycles. The van der Waals surface area contributed by atoms with E-state index in [2.05, 4.69) is 10.1 Å². The fourth-order valence-corrected chi connectivity index (χ4v) is 2.80. The van der Waals surface area contributed by atoms with Gasteiger partial charge in [-0.15, -0.1) is 0 Å². The molecule has 0 bridgehead atoms. The van der Waals surface area contributed by atoms with Gasteiger partial charge in [-0.05, 0) is 6.07 Å². The molecule has 0 amide bonds. The molecule has 3 aromatic rings. The maximum atomic E-state index is 6.15. The molecule has 2 heterocycles. The summed E-state index contributed by atoms with van der Waals surface area (Å²) in [5.74, 6) is 0. The van der Waals surface area contributed by atoms with Crippen LogP contribution in [0.4, 0.5) is 0 Å². The zero-order valence-corrected chi connectivity index (χ0v) is 11.2. The fourth-order valence-electron chi connectivity index (χ4n) is 1.72. The molecule has 0 aliphatic heterocycles. The number of fused-ring (bicyclic) bond motifs is 1. The average Bonchev–Trinajstić information content (AvgIpc) is 2.88. The summed E-state index contributed by atoms with van der Waals surface area (Å²) >= 11 is 7.66. The molecule has 4 nitrogen and oxygen atoms in total. The number of rotatable bonds is 3. The Labute approximate surface area is 113 Å². The molecule has 2 aromatic heterocycles. The number of benzene rings is 1. The van der Waals surface area contributed by atoms with Crippen molar-refractivity contribution in [2.45, 2.75) is 6.61 Å². The highest BCUT2D eigenvalue weighted by molar-refractivity contribution is 7.16. The van der Waals surface area contributed by atoms with Crippen LogP contribution in [-0.4, -0.2) is 21.7 Å². The molecule has 0 saturated carbocycles. The van der Waals surface area contributed by atoms with Gasteiger partial charge in [-0.3, -0.25) is 0 Å². The lowest BCUT2D eigenvalue weighted by atomic mass is 10.2. The van der Waals surface area contributed by atoms with Crippen LogP contribution in [0.3, 0.4) is 0 Å². The van der Waals surface area contributed by atoms with E-state index < -0.39 is 0 Å². The van der Waals surface area contributed by atoms with Crippen LogP contribution in [0.2, 0.25) is 5.02 Å². The number of aromatic nitrogens is 3. The third kappa shape index (κ3) is 2.01. The molecule has 0 unspecified atom stereocenters. The van der Waals surface area contributed by atoms with Crippen LogP contribution in [0.5, 0.6) is 0 Å². The van der Waals surface area contributed by atoms with E-state index in [0.717, 1.165) is 21.2 Å². The van der Waals surface area contributed by atoms with Crippen LogP contribution in [0, 0.1) is 0 Å². The van der Waals surface area contributed by atoms with Crippen LogP contribution in [-0.2, 0) is 11.3 Å². The fraction of sp³-hybridized carbons (Fsp3) is 0.167. The van der Waals surface area contributed by atoms with Gasteiger partial charge in [0.2, 0.25) is 4.96 Å². The highest BCUT2D eigenvalue weighted by Gasteiger charge is 2.11. The van der Waals surface area contributed by atoms with Crippen molar-refractivity contribution in [2.24, 2.45) is 0 Å². The Balaban J connectivity index is 2.04. The van der Waals surface area contributed by atoms with Crippen molar-refractivity contribution in [3.05, 3.63) is 40.5 Å². The molecule has 0 atom stereocenters. The van der Waals surface area contributed by atoms with Crippen molar-refractivity contribution in [1.29, 1.82) is 0 Å². The van der Waals surface area contributed by atoms with Crippen molar-refractivity contribution in [1.82, 2.24) is 14.6 Å². The Morgan fingerprint density at radius 1 is 1.39 bits per heavy atom. The second kappa shape index (κ2) is 4.68. The van der Waals surface area contributed by atoms with Crippen molar-refractivity contribution in [2.75, 3.05) is 7.11 Å². The second-order valence-electron chi connectivity index (χ2n) is 3.76. The Kier molecular flexibility index (Phi) is 3.03. The maximum absolute atomic E-state index is 6.15. The highest BCUT2D eigenvalue weighted by Crippen LogP contribution is 2.28. The first-order chi connectivity index (χ1) is 8.78. The summed E-state index contributed by atoms with van der Waals surface area (Å²) in [6, 6.07) is 7.65. The van der Waals surface area contributed by atoms with E-state index in [4.69, 9.17) is 16.3 Å². The minimum atomic E-state index is 0.509. The SMILES string of the molecule is COCc1nn2cc(-c3ccccc3Cl)nc2s1. The predicted molar refractivity (Wildman–Crippen MR) is 72.0 cm³/mol. The molecule has 0 spiro atoms. The smallest absolute Gasteiger partial charge is 0.212 e. The van der Waals surface area contributed by atoms with Crippen molar-refractivity contribution < 1.29 is 4.74 Å². The number of nitrogens with zero attached hydrogens (tertiary/aromatic N) is 3. The van der Waals surface area contributed by atoms with Gasteiger partial charge in [-0.25, -0.2) is 9.50 Å². The Morgan fingerprint density at radius 2 is 2.22 bits per heavy atom. The van der Waals surface area contributed by atoms with E-state index in [1.54, 1.807) is 11.6 Å². The van der Waals surface area contributed by atoms with Crippen LogP contribution >= 0.6 is 22.9 Å². The second-order valence-corrected chi connectivity index (χ2v) is 5.21. The van der Waals surface area contributed by atoms with Gasteiger partial charge in [0.15, 0.2) is 0 Å². The number of halogens is 1. The average molecular weight is 280 g/mol. The minimum absolute atomic E-state index is 0.509. The number of methoxy groups -OCH3 is 1. The summed E-state index contributed by atoms with van der Waals surface area (Å²) in [4.78, 5) is 5.37. The molecule has 3 rings (SSSR count). The first-order valence-electron chi connectivity index (χ1n) is 5.37. The molecule has 6 heteroatoms. The summed E-state index contributed by atoms with van der Waals surface area (Å²) in [6.07, 6.45) is 1.88. The lowest BCUT2D eigenvalue weighted by molar-refractivity contribution is 0.183. The van der Waals surface area contributed by atoms with Crippen LogP contribution in [0.25, 0.3) is 16.2 Å². The zero-order valence-electron chi connectivity index (χ0n) is 9.63. The molecule has 0 radical (unpaired) electrons. The zero-order chi connectivity index (χ0) is 12.5. The quantitative estimate of drug-likeness (QED) is 0.739. The molecule has 0 fully saturated rings. The van der Waals surface area contributed by atoms with Gasteiger partial charge in [0.25, 0.3) is 0 Å². The van der Waals surface area contributed by atoms with E-state index in [1.807, 2.05) is 30.5 Å². The molecule has 92 valence electrons. The minimum Gasteiger partial charge on any atom is -0.377 e. The van der Waals surface area contributed by atoms with Crippen molar-refractivity contribution >= 4 is 27.9 Å².